The molecule has 0 aliphatic rings. The van der Waals surface area contributed by atoms with Gasteiger partial charge in [0.05, 0.1) is 11.6 Å². The van der Waals surface area contributed by atoms with Crippen molar-refractivity contribution in [2.24, 2.45) is 5.92 Å². The third kappa shape index (κ3) is 7.10. The van der Waals surface area contributed by atoms with E-state index >= 15 is 0 Å². The lowest BCUT2D eigenvalue weighted by molar-refractivity contribution is 0.270. The fraction of sp³-hybridized carbons (Fsp3) is 0.400. The van der Waals surface area contributed by atoms with Gasteiger partial charge in [-0.2, -0.15) is 0 Å². The van der Waals surface area contributed by atoms with Gasteiger partial charge < -0.3 is 10.1 Å². The van der Waals surface area contributed by atoms with Gasteiger partial charge in [-0.3, -0.25) is 0 Å². The zero-order chi connectivity index (χ0) is 18.2. The number of thioether (sulfide) groups is 1. The predicted octanol–water partition coefficient (Wildman–Crippen LogP) is 6.47. The maximum Gasteiger partial charge on any atom is 0.119 e. The van der Waals surface area contributed by atoms with Crippen LogP contribution >= 0.6 is 35.0 Å². The van der Waals surface area contributed by atoms with E-state index in [-0.39, 0.29) is 6.04 Å². The lowest BCUT2D eigenvalue weighted by Gasteiger charge is -2.16. The molecule has 1 atom stereocenters. The van der Waals surface area contributed by atoms with Crippen molar-refractivity contribution in [2.75, 3.05) is 18.9 Å². The van der Waals surface area contributed by atoms with Crippen LogP contribution in [0.3, 0.4) is 0 Å². The highest BCUT2D eigenvalue weighted by atomic mass is 35.5. The van der Waals surface area contributed by atoms with Crippen molar-refractivity contribution in [2.45, 2.75) is 31.7 Å². The normalized spacial score (nSPS) is 12.4. The van der Waals surface area contributed by atoms with Gasteiger partial charge in [-0.05, 0) is 48.7 Å². The summed E-state index contributed by atoms with van der Waals surface area (Å²) in [6.07, 6.45) is 0. The standard InChI is InChI=1S/C20H25Cl2NOS/c1-14(2)13-24-18-6-4-5-16(11-18)15(3)23-9-10-25-20-12-17(21)7-8-19(20)22/h4-8,11-12,14-15,23H,9-10,13H2,1-3H3. The molecule has 2 rings (SSSR count). The monoisotopic (exact) mass is 397 g/mol. The van der Waals surface area contributed by atoms with E-state index in [1.165, 1.54) is 5.56 Å². The van der Waals surface area contributed by atoms with Crippen molar-refractivity contribution in [1.29, 1.82) is 0 Å². The molecular weight excluding hydrogens is 373 g/mol. The van der Waals surface area contributed by atoms with Gasteiger partial charge in [0.1, 0.15) is 5.75 Å². The Balaban J connectivity index is 1.81. The van der Waals surface area contributed by atoms with Gasteiger partial charge >= 0.3 is 0 Å². The molecule has 1 N–H and O–H groups in total. The summed E-state index contributed by atoms with van der Waals surface area (Å²) in [5, 5.41) is 5.00. The van der Waals surface area contributed by atoms with Crippen LogP contribution in [0.25, 0.3) is 0 Å². The second-order valence-electron chi connectivity index (χ2n) is 6.38. The first-order valence-electron chi connectivity index (χ1n) is 8.49. The molecule has 0 amide bonds. The highest BCUT2D eigenvalue weighted by Gasteiger charge is 2.07. The Morgan fingerprint density at radius 1 is 1.08 bits per heavy atom. The molecule has 0 spiro atoms. The van der Waals surface area contributed by atoms with E-state index < -0.39 is 0 Å². The van der Waals surface area contributed by atoms with Crippen molar-refractivity contribution in [3.8, 4) is 5.75 Å². The van der Waals surface area contributed by atoms with Gasteiger partial charge in [0.2, 0.25) is 0 Å². The summed E-state index contributed by atoms with van der Waals surface area (Å²) in [6, 6.07) is 14.1. The Labute approximate surface area is 165 Å². The quantitative estimate of drug-likeness (QED) is 0.386. The molecule has 0 saturated heterocycles. The second-order valence-corrected chi connectivity index (χ2v) is 8.36. The Morgan fingerprint density at radius 2 is 1.88 bits per heavy atom. The van der Waals surface area contributed by atoms with Crippen molar-refractivity contribution < 1.29 is 4.74 Å². The summed E-state index contributed by atoms with van der Waals surface area (Å²) in [6.45, 7) is 8.09. The molecule has 0 fully saturated rings. The number of nitrogens with one attached hydrogen (secondary N) is 1. The average Bonchev–Trinajstić information content (AvgIpc) is 2.59. The highest BCUT2D eigenvalue weighted by molar-refractivity contribution is 7.99. The fourth-order valence-electron chi connectivity index (χ4n) is 2.28. The summed E-state index contributed by atoms with van der Waals surface area (Å²) in [5.74, 6) is 2.38. The molecule has 136 valence electrons. The van der Waals surface area contributed by atoms with Crippen molar-refractivity contribution in [3.05, 3.63) is 58.1 Å². The van der Waals surface area contributed by atoms with Crippen LogP contribution in [0.15, 0.2) is 47.4 Å². The van der Waals surface area contributed by atoms with E-state index in [4.69, 9.17) is 27.9 Å². The largest absolute Gasteiger partial charge is 0.493 e. The first kappa shape index (κ1) is 20.4. The smallest absolute Gasteiger partial charge is 0.119 e. The number of hydrogen-bond acceptors (Lipinski definition) is 3. The maximum atomic E-state index is 6.19. The average molecular weight is 398 g/mol. The summed E-state index contributed by atoms with van der Waals surface area (Å²) in [7, 11) is 0. The van der Waals surface area contributed by atoms with Crippen LogP contribution in [-0.4, -0.2) is 18.9 Å². The molecule has 2 aromatic rings. The molecule has 0 radical (unpaired) electrons. The van der Waals surface area contributed by atoms with E-state index in [2.05, 4.69) is 38.2 Å². The highest BCUT2D eigenvalue weighted by Crippen LogP contribution is 2.29. The molecule has 0 bridgehead atoms. The van der Waals surface area contributed by atoms with Crippen LogP contribution in [0.5, 0.6) is 5.75 Å². The summed E-state index contributed by atoms with van der Waals surface area (Å²) >= 11 is 13.9. The second kappa shape index (κ2) is 10.3. The van der Waals surface area contributed by atoms with Crippen LogP contribution in [-0.2, 0) is 0 Å². The van der Waals surface area contributed by atoms with Gasteiger partial charge in [0, 0.05) is 28.3 Å². The summed E-state index contributed by atoms with van der Waals surface area (Å²) in [5.41, 5.74) is 1.23. The minimum atomic E-state index is 0.262. The van der Waals surface area contributed by atoms with Crippen LogP contribution in [0, 0.1) is 5.92 Å². The molecule has 25 heavy (non-hydrogen) atoms. The van der Waals surface area contributed by atoms with Crippen LogP contribution in [0.4, 0.5) is 0 Å². The van der Waals surface area contributed by atoms with Crippen LogP contribution < -0.4 is 10.1 Å². The number of halogens is 2. The first-order chi connectivity index (χ1) is 12.0. The zero-order valence-corrected chi connectivity index (χ0v) is 17.2. The molecule has 1 unspecified atom stereocenters. The Kier molecular flexibility index (Phi) is 8.44. The molecule has 0 aromatic heterocycles. The summed E-state index contributed by atoms with van der Waals surface area (Å²) < 4.78 is 5.81. The molecule has 5 heteroatoms. The van der Waals surface area contributed by atoms with E-state index in [1.807, 2.05) is 30.3 Å². The molecule has 0 saturated carbocycles. The minimum Gasteiger partial charge on any atom is -0.493 e. The Bertz CT molecular complexity index is 678. The predicted molar refractivity (Wildman–Crippen MR) is 110 cm³/mol. The molecule has 0 aliphatic heterocycles. The number of rotatable bonds is 9. The van der Waals surface area contributed by atoms with E-state index in [0.717, 1.165) is 34.6 Å². The molecule has 2 aromatic carbocycles. The van der Waals surface area contributed by atoms with E-state index in [0.29, 0.717) is 10.9 Å². The van der Waals surface area contributed by atoms with Gasteiger partial charge in [-0.15, -0.1) is 11.8 Å². The van der Waals surface area contributed by atoms with E-state index in [9.17, 15) is 0 Å². The topological polar surface area (TPSA) is 21.3 Å². The molecular formula is C20H25Cl2NOS. The van der Waals surface area contributed by atoms with Crippen LogP contribution in [0.2, 0.25) is 10.0 Å². The van der Waals surface area contributed by atoms with Gasteiger partial charge in [0.25, 0.3) is 0 Å². The maximum absolute atomic E-state index is 6.19. The van der Waals surface area contributed by atoms with Crippen molar-refractivity contribution in [3.63, 3.8) is 0 Å². The lowest BCUT2D eigenvalue weighted by Crippen LogP contribution is -2.21. The number of ether oxygens (including phenoxy) is 1. The Hall–Kier alpha value is -0.870. The molecule has 2 nitrogen and oxygen atoms in total. The minimum absolute atomic E-state index is 0.262. The summed E-state index contributed by atoms with van der Waals surface area (Å²) in [4.78, 5) is 1.02. The van der Waals surface area contributed by atoms with Crippen molar-refractivity contribution >= 4 is 35.0 Å². The van der Waals surface area contributed by atoms with E-state index in [1.54, 1.807) is 11.8 Å². The third-order valence-corrected chi connectivity index (χ3v) is 5.38. The van der Waals surface area contributed by atoms with Crippen molar-refractivity contribution in [1.82, 2.24) is 5.32 Å². The number of hydrogen-bond donors (Lipinski definition) is 1. The third-order valence-electron chi connectivity index (χ3n) is 3.64. The molecule has 0 aliphatic carbocycles. The molecule has 0 heterocycles. The van der Waals surface area contributed by atoms with Crippen LogP contribution in [0.1, 0.15) is 32.4 Å². The first-order valence-corrected chi connectivity index (χ1v) is 10.2. The van der Waals surface area contributed by atoms with Gasteiger partial charge in [-0.1, -0.05) is 49.2 Å². The van der Waals surface area contributed by atoms with Gasteiger partial charge in [-0.25, -0.2) is 0 Å². The zero-order valence-electron chi connectivity index (χ0n) is 14.9. The van der Waals surface area contributed by atoms with Gasteiger partial charge in [0.15, 0.2) is 0 Å². The SMILES string of the molecule is CC(C)COc1cccc(C(C)NCCSc2cc(Cl)ccc2Cl)c1. The Morgan fingerprint density at radius 3 is 2.64 bits per heavy atom. The lowest BCUT2D eigenvalue weighted by atomic mass is 10.1. The number of benzene rings is 2. The fourth-order valence-corrected chi connectivity index (χ4v) is 3.65.